The Labute approximate surface area is 189 Å². The molecule has 0 spiro atoms. The van der Waals surface area contributed by atoms with E-state index < -0.39 is 27.6 Å². The van der Waals surface area contributed by atoms with Crippen LogP contribution in [-0.2, 0) is 27.6 Å². The third kappa shape index (κ3) is 4.08. The quantitative estimate of drug-likeness (QED) is 0.512. The number of carbonyl (C=O) groups excluding carboxylic acids is 1. The van der Waals surface area contributed by atoms with Gasteiger partial charge in [-0.2, -0.15) is 22.0 Å². The number of nitrogens with zero attached hydrogens (tertiary/aromatic N) is 5. The van der Waals surface area contributed by atoms with Gasteiger partial charge in [0.25, 0.3) is 0 Å². The number of aryl methyl sites for hydroxylation is 1. The van der Waals surface area contributed by atoms with E-state index >= 15 is 0 Å². The molecule has 0 bridgehead atoms. The van der Waals surface area contributed by atoms with Gasteiger partial charge in [-0.3, -0.25) is 4.79 Å². The molecular formula is C19H17F5N6O3S. The lowest BCUT2D eigenvalue weighted by Gasteiger charge is -2.17. The van der Waals surface area contributed by atoms with Crippen LogP contribution in [-0.4, -0.2) is 51.0 Å². The zero-order valence-corrected chi connectivity index (χ0v) is 18.5. The van der Waals surface area contributed by atoms with Crippen LogP contribution in [0.5, 0.6) is 0 Å². The molecule has 0 aromatic carbocycles. The highest BCUT2D eigenvalue weighted by molar-refractivity contribution is 7.91. The normalized spacial score (nSPS) is 15.0. The van der Waals surface area contributed by atoms with E-state index in [1.165, 1.54) is 30.8 Å². The second-order valence-electron chi connectivity index (χ2n) is 7.74. The number of sulfone groups is 1. The van der Waals surface area contributed by atoms with Crippen LogP contribution in [0, 0.1) is 5.92 Å². The van der Waals surface area contributed by atoms with E-state index in [-0.39, 0.29) is 50.8 Å². The smallest absolute Gasteiger partial charge is 0.324 e. The Morgan fingerprint density at radius 2 is 1.85 bits per heavy atom. The SMILES string of the molecule is CCS(=O)(=O)c1cc(NC(=O)C2CC2)cnc1-c1nc2cc(C(F)(F)C(F)(F)F)nnc2n1C. The van der Waals surface area contributed by atoms with Gasteiger partial charge in [0.1, 0.15) is 16.9 Å². The highest BCUT2D eigenvalue weighted by atomic mass is 32.2. The second-order valence-corrected chi connectivity index (χ2v) is 9.99. The van der Waals surface area contributed by atoms with Crippen molar-refractivity contribution < 1.29 is 35.2 Å². The van der Waals surface area contributed by atoms with Gasteiger partial charge in [-0.05, 0) is 25.0 Å². The Bertz CT molecular complexity index is 1400. The minimum atomic E-state index is -5.89. The summed E-state index contributed by atoms with van der Waals surface area (Å²) in [5, 5.41) is 9.03. The summed E-state index contributed by atoms with van der Waals surface area (Å²) >= 11 is 0. The van der Waals surface area contributed by atoms with Crippen LogP contribution in [0.2, 0.25) is 0 Å². The summed E-state index contributed by atoms with van der Waals surface area (Å²) in [6.07, 6.45) is -3.22. The number of anilines is 1. The highest BCUT2D eigenvalue weighted by Crippen LogP contribution is 2.43. The monoisotopic (exact) mass is 504 g/mol. The molecule has 3 heterocycles. The van der Waals surface area contributed by atoms with Gasteiger partial charge in [0, 0.05) is 13.0 Å². The maximum Gasteiger partial charge on any atom is 0.459 e. The van der Waals surface area contributed by atoms with Crippen molar-refractivity contribution in [3.8, 4) is 11.5 Å². The number of pyridine rings is 1. The zero-order valence-electron chi connectivity index (χ0n) is 17.7. The molecule has 0 saturated heterocycles. The van der Waals surface area contributed by atoms with Crippen LogP contribution < -0.4 is 5.32 Å². The second kappa shape index (κ2) is 7.92. The predicted octanol–water partition coefficient (Wildman–Crippen LogP) is 3.22. The minimum absolute atomic E-state index is 0.137. The van der Waals surface area contributed by atoms with Gasteiger partial charge >= 0.3 is 12.1 Å². The molecule has 0 unspecified atom stereocenters. The van der Waals surface area contributed by atoms with E-state index in [9.17, 15) is 35.2 Å². The van der Waals surface area contributed by atoms with E-state index in [1.807, 2.05) is 0 Å². The number of hydrogen-bond acceptors (Lipinski definition) is 7. The molecule has 1 amide bonds. The molecule has 1 aliphatic carbocycles. The highest BCUT2D eigenvalue weighted by Gasteiger charge is 2.60. The first kappa shape index (κ1) is 23.9. The minimum Gasteiger partial charge on any atom is -0.324 e. The molecule has 34 heavy (non-hydrogen) atoms. The Kier molecular flexibility index (Phi) is 5.57. The first-order valence-corrected chi connectivity index (χ1v) is 11.6. The van der Waals surface area contributed by atoms with Crippen molar-refractivity contribution in [1.29, 1.82) is 0 Å². The Balaban J connectivity index is 1.84. The summed E-state index contributed by atoms with van der Waals surface area (Å²) in [6, 6.07) is 1.65. The van der Waals surface area contributed by atoms with Gasteiger partial charge in [-0.15, -0.1) is 10.2 Å². The predicted molar refractivity (Wildman–Crippen MR) is 109 cm³/mol. The van der Waals surface area contributed by atoms with Crippen molar-refractivity contribution >= 4 is 32.6 Å². The molecule has 4 rings (SSSR count). The van der Waals surface area contributed by atoms with E-state index in [0.29, 0.717) is 6.07 Å². The van der Waals surface area contributed by atoms with Crippen molar-refractivity contribution in [3.63, 3.8) is 0 Å². The van der Waals surface area contributed by atoms with Crippen molar-refractivity contribution in [2.24, 2.45) is 13.0 Å². The van der Waals surface area contributed by atoms with Crippen molar-refractivity contribution in [1.82, 2.24) is 24.7 Å². The summed E-state index contributed by atoms with van der Waals surface area (Å²) in [5.41, 5.74) is -2.22. The summed E-state index contributed by atoms with van der Waals surface area (Å²) in [5.74, 6) is -6.15. The fourth-order valence-corrected chi connectivity index (χ4v) is 4.22. The number of carbonyl (C=O) groups is 1. The molecule has 3 aromatic heterocycles. The van der Waals surface area contributed by atoms with Crippen LogP contribution in [0.1, 0.15) is 25.5 Å². The average molecular weight is 504 g/mol. The molecule has 0 atom stereocenters. The third-order valence-electron chi connectivity index (χ3n) is 5.29. The maximum atomic E-state index is 13.7. The summed E-state index contributed by atoms with van der Waals surface area (Å²) in [7, 11) is -2.56. The molecule has 9 nitrogen and oxygen atoms in total. The molecule has 0 radical (unpaired) electrons. The standard InChI is InChI=1S/C19H17F5N6O3S/c1-3-34(32,33)12-6-10(26-17(31)9-4-5-9)8-25-14(12)16-27-11-7-13(18(20,21)19(22,23)24)28-29-15(11)30(16)2/h6-9H,3-5H2,1-2H3,(H,26,31). The van der Waals surface area contributed by atoms with Crippen molar-refractivity contribution in [2.75, 3.05) is 11.1 Å². The average Bonchev–Trinajstić information content (AvgIpc) is 3.57. The van der Waals surface area contributed by atoms with Crippen LogP contribution >= 0.6 is 0 Å². The van der Waals surface area contributed by atoms with Crippen LogP contribution in [0.3, 0.4) is 0 Å². The van der Waals surface area contributed by atoms with Gasteiger partial charge in [0.2, 0.25) is 5.91 Å². The molecule has 182 valence electrons. The third-order valence-corrected chi connectivity index (χ3v) is 7.03. The number of amides is 1. The zero-order chi connectivity index (χ0) is 25.1. The molecule has 0 aliphatic heterocycles. The van der Waals surface area contributed by atoms with Crippen LogP contribution in [0.15, 0.2) is 23.2 Å². The lowest BCUT2D eigenvalue weighted by molar-refractivity contribution is -0.291. The van der Waals surface area contributed by atoms with E-state index in [1.54, 1.807) is 0 Å². The van der Waals surface area contributed by atoms with E-state index in [4.69, 9.17) is 0 Å². The Morgan fingerprint density at radius 1 is 1.18 bits per heavy atom. The first-order chi connectivity index (χ1) is 15.8. The number of halogens is 5. The lowest BCUT2D eigenvalue weighted by Crippen LogP contribution is -2.34. The molecular weight excluding hydrogens is 487 g/mol. The van der Waals surface area contributed by atoms with E-state index in [2.05, 4.69) is 25.5 Å². The van der Waals surface area contributed by atoms with Gasteiger partial charge in [-0.1, -0.05) is 6.92 Å². The number of alkyl halides is 5. The molecule has 1 saturated carbocycles. The van der Waals surface area contributed by atoms with Gasteiger partial charge in [0.05, 0.1) is 22.5 Å². The number of aromatic nitrogens is 5. The van der Waals surface area contributed by atoms with E-state index in [0.717, 1.165) is 12.8 Å². The molecule has 1 fully saturated rings. The Morgan fingerprint density at radius 3 is 2.44 bits per heavy atom. The number of rotatable bonds is 6. The number of fused-ring (bicyclic) bond motifs is 1. The molecule has 15 heteroatoms. The molecule has 3 aromatic rings. The summed E-state index contributed by atoms with van der Waals surface area (Å²) in [6.45, 7) is 1.39. The lowest BCUT2D eigenvalue weighted by atomic mass is 10.2. The van der Waals surface area contributed by atoms with Crippen molar-refractivity contribution in [2.45, 2.75) is 36.8 Å². The number of hydrogen-bond donors (Lipinski definition) is 1. The molecule has 1 N–H and O–H groups in total. The fraction of sp³-hybridized carbons (Fsp3) is 0.421. The van der Waals surface area contributed by atoms with Gasteiger partial charge in [0.15, 0.2) is 21.3 Å². The summed E-state index contributed by atoms with van der Waals surface area (Å²) < 4.78 is 92.3. The first-order valence-electron chi connectivity index (χ1n) is 9.95. The largest absolute Gasteiger partial charge is 0.459 e. The van der Waals surface area contributed by atoms with Crippen LogP contribution in [0.25, 0.3) is 22.7 Å². The fourth-order valence-electron chi connectivity index (χ4n) is 3.16. The van der Waals surface area contributed by atoms with Gasteiger partial charge in [-0.25, -0.2) is 18.4 Å². The molecule has 1 aliphatic rings. The Hall–Kier alpha value is -3.23. The van der Waals surface area contributed by atoms with Crippen molar-refractivity contribution in [3.05, 3.63) is 24.0 Å². The topological polar surface area (TPSA) is 120 Å². The maximum absolute atomic E-state index is 13.7. The number of imidazole rings is 1. The van der Waals surface area contributed by atoms with Crippen LogP contribution in [0.4, 0.5) is 27.6 Å². The number of nitrogens with one attached hydrogen (secondary N) is 1. The van der Waals surface area contributed by atoms with Gasteiger partial charge < -0.3 is 9.88 Å². The summed E-state index contributed by atoms with van der Waals surface area (Å²) in [4.78, 5) is 19.9.